The lowest BCUT2D eigenvalue weighted by atomic mass is 9.99. The van der Waals surface area contributed by atoms with Gasteiger partial charge < -0.3 is 15.4 Å². The Morgan fingerprint density at radius 3 is 2.67 bits per heavy atom. The van der Waals surface area contributed by atoms with Gasteiger partial charge in [0.25, 0.3) is 5.91 Å². The van der Waals surface area contributed by atoms with Crippen molar-refractivity contribution in [2.75, 3.05) is 11.5 Å². The molecule has 0 aromatic carbocycles. The fraction of sp³-hybridized carbons (Fsp3) is 0.400. The summed E-state index contributed by atoms with van der Waals surface area (Å²) in [6.45, 7) is 0. The van der Waals surface area contributed by atoms with Crippen LogP contribution < -0.4 is 5.32 Å². The zero-order valence-electron chi connectivity index (χ0n) is 9.13. The number of nitrogens with one attached hydrogen (secondary N) is 2. The van der Waals surface area contributed by atoms with E-state index in [-0.39, 0.29) is 15.9 Å². The number of carbonyl (C=O) groups is 2. The highest BCUT2D eigenvalue weighted by Gasteiger charge is 2.43. The number of halogens is 2. The molecule has 3 N–H and O–H groups in total. The molecule has 0 radical (unpaired) electrons. The number of hydrogen-bond donors (Lipinski definition) is 3. The quantitative estimate of drug-likeness (QED) is 0.798. The second kappa shape index (κ2) is 5.03. The van der Waals surface area contributed by atoms with E-state index >= 15 is 0 Å². The minimum Gasteiger partial charge on any atom is -0.479 e. The zero-order valence-corrected chi connectivity index (χ0v) is 11.5. The van der Waals surface area contributed by atoms with Crippen molar-refractivity contribution < 1.29 is 14.7 Å². The van der Waals surface area contributed by atoms with E-state index < -0.39 is 17.4 Å². The summed E-state index contributed by atoms with van der Waals surface area (Å²) < 4.78 is 0. The first-order chi connectivity index (χ1) is 8.44. The van der Waals surface area contributed by atoms with Gasteiger partial charge in [-0.2, -0.15) is 11.8 Å². The minimum atomic E-state index is -1.20. The lowest BCUT2D eigenvalue weighted by Crippen LogP contribution is -2.54. The largest absolute Gasteiger partial charge is 0.479 e. The number of H-pyrrole nitrogens is 1. The standard InChI is InChI=1S/C10H10Cl2N2O3S/c11-5-3-6(13-7(5)12)8(15)14-10(9(16)17)1-2-18-4-10/h3,13H,1-2,4H2,(H,14,15)(H,16,17)/t10-/m0/s1. The lowest BCUT2D eigenvalue weighted by Gasteiger charge is -2.24. The summed E-state index contributed by atoms with van der Waals surface area (Å²) in [5.41, 5.74) is -1.05. The van der Waals surface area contributed by atoms with E-state index in [0.717, 1.165) is 0 Å². The number of carbonyl (C=O) groups excluding carboxylic acids is 1. The van der Waals surface area contributed by atoms with Crippen molar-refractivity contribution in [3.8, 4) is 0 Å². The molecule has 0 saturated carbocycles. The Kier molecular flexibility index (Phi) is 3.79. The monoisotopic (exact) mass is 308 g/mol. The van der Waals surface area contributed by atoms with Crippen LogP contribution in [0.15, 0.2) is 6.07 Å². The maximum Gasteiger partial charge on any atom is 0.330 e. The summed E-state index contributed by atoms with van der Waals surface area (Å²) in [5.74, 6) is -0.479. The van der Waals surface area contributed by atoms with Crippen molar-refractivity contribution in [2.45, 2.75) is 12.0 Å². The predicted molar refractivity (Wildman–Crippen MR) is 70.6 cm³/mol. The van der Waals surface area contributed by atoms with Gasteiger partial charge in [-0.1, -0.05) is 23.2 Å². The van der Waals surface area contributed by atoms with E-state index in [2.05, 4.69) is 10.3 Å². The molecule has 1 aromatic rings. The number of aromatic nitrogens is 1. The molecule has 0 unspecified atom stereocenters. The summed E-state index contributed by atoms with van der Waals surface area (Å²) >= 11 is 12.9. The number of aromatic amines is 1. The maximum absolute atomic E-state index is 11.9. The predicted octanol–water partition coefficient (Wildman–Crippen LogP) is 2.01. The molecule has 0 bridgehead atoms. The highest BCUT2D eigenvalue weighted by Crippen LogP contribution is 2.29. The molecular weight excluding hydrogens is 299 g/mol. The third-order valence-electron chi connectivity index (χ3n) is 2.75. The second-order valence-electron chi connectivity index (χ2n) is 3.99. The molecular formula is C10H10Cl2N2O3S. The number of rotatable bonds is 3. The van der Waals surface area contributed by atoms with Crippen molar-refractivity contribution in [3.63, 3.8) is 0 Å². The van der Waals surface area contributed by atoms with Crippen LogP contribution in [-0.4, -0.2) is 39.0 Å². The van der Waals surface area contributed by atoms with E-state index in [1.165, 1.54) is 17.8 Å². The van der Waals surface area contributed by atoms with Crippen LogP contribution in [0.2, 0.25) is 10.2 Å². The number of carboxylic acid groups (broad SMARTS) is 1. The van der Waals surface area contributed by atoms with Gasteiger partial charge in [-0.15, -0.1) is 0 Å². The van der Waals surface area contributed by atoms with Gasteiger partial charge in [-0.25, -0.2) is 4.79 Å². The van der Waals surface area contributed by atoms with Gasteiger partial charge in [-0.05, 0) is 18.2 Å². The van der Waals surface area contributed by atoms with Crippen LogP contribution in [0, 0.1) is 0 Å². The van der Waals surface area contributed by atoms with Crippen LogP contribution in [0.4, 0.5) is 0 Å². The molecule has 2 heterocycles. The van der Waals surface area contributed by atoms with Gasteiger partial charge in [0.15, 0.2) is 0 Å². The Bertz CT molecular complexity index is 478. The number of amides is 1. The molecule has 8 heteroatoms. The van der Waals surface area contributed by atoms with Gasteiger partial charge in [0.2, 0.25) is 0 Å². The van der Waals surface area contributed by atoms with Crippen molar-refractivity contribution in [1.29, 1.82) is 0 Å². The SMILES string of the molecule is O=C(N[C@@]1(C(=O)O)CCSC1)c1cc(Cl)c(Cl)[nH]1. The molecule has 5 nitrogen and oxygen atoms in total. The molecule has 1 fully saturated rings. The van der Waals surface area contributed by atoms with Crippen molar-refractivity contribution >= 4 is 46.8 Å². The highest BCUT2D eigenvalue weighted by molar-refractivity contribution is 7.99. The van der Waals surface area contributed by atoms with Crippen molar-refractivity contribution in [1.82, 2.24) is 10.3 Å². The van der Waals surface area contributed by atoms with Gasteiger partial charge in [-0.3, -0.25) is 4.79 Å². The number of aliphatic carboxylic acids is 1. The normalized spacial score (nSPS) is 23.0. The molecule has 18 heavy (non-hydrogen) atoms. The molecule has 98 valence electrons. The lowest BCUT2D eigenvalue weighted by molar-refractivity contribution is -0.143. The molecule has 0 spiro atoms. The van der Waals surface area contributed by atoms with Gasteiger partial charge >= 0.3 is 5.97 Å². The summed E-state index contributed by atoms with van der Waals surface area (Å²) in [4.78, 5) is 25.8. The number of carboxylic acids is 1. The Morgan fingerprint density at radius 1 is 1.50 bits per heavy atom. The first-order valence-electron chi connectivity index (χ1n) is 5.12. The van der Waals surface area contributed by atoms with Crippen LogP contribution >= 0.6 is 35.0 Å². The van der Waals surface area contributed by atoms with Crippen LogP contribution in [0.25, 0.3) is 0 Å². The Labute approximate surface area is 117 Å². The third-order valence-corrected chi connectivity index (χ3v) is 4.64. The smallest absolute Gasteiger partial charge is 0.330 e. The summed E-state index contributed by atoms with van der Waals surface area (Å²) in [5, 5.41) is 12.2. The molecule has 1 saturated heterocycles. The topological polar surface area (TPSA) is 82.2 Å². The third kappa shape index (κ3) is 2.46. The fourth-order valence-electron chi connectivity index (χ4n) is 1.70. The first kappa shape index (κ1) is 13.6. The van der Waals surface area contributed by atoms with Crippen molar-refractivity contribution in [3.05, 3.63) is 21.9 Å². The van der Waals surface area contributed by atoms with E-state index in [0.29, 0.717) is 17.9 Å². The molecule has 1 atom stereocenters. The molecule has 1 aliphatic heterocycles. The first-order valence-corrected chi connectivity index (χ1v) is 7.03. The van der Waals surface area contributed by atoms with Gasteiger partial charge in [0, 0.05) is 5.75 Å². The maximum atomic E-state index is 11.9. The highest BCUT2D eigenvalue weighted by atomic mass is 35.5. The average molecular weight is 309 g/mol. The van der Waals surface area contributed by atoms with Crippen LogP contribution in [0.3, 0.4) is 0 Å². The minimum absolute atomic E-state index is 0.155. The van der Waals surface area contributed by atoms with Gasteiger partial charge in [0.1, 0.15) is 16.4 Å². The Balaban J connectivity index is 2.17. The molecule has 2 rings (SSSR count). The molecule has 0 aliphatic carbocycles. The van der Waals surface area contributed by atoms with Crippen molar-refractivity contribution in [2.24, 2.45) is 0 Å². The summed E-state index contributed by atoms with van der Waals surface area (Å²) in [6.07, 6.45) is 0.404. The van der Waals surface area contributed by atoms with E-state index in [4.69, 9.17) is 23.2 Å². The zero-order chi connectivity index (χ0) is 13.3. The van der Waals surface area contributed by atoms with Gasteiger partial charge in [0.05, 0.1) is 5.02 Å². The van der Waals surface area contributed by atoms with E-state index in [9.17, 15) is 14.7 Å². The average Bonchev–Trinajstić information content (AvgIpc) is 2.88. The van der Waals surface area contributed by atoms with Crippen LogP contribution in [-0.2, 0) is 4.79 Å². The Hall–Kier alpha value is -0.850. The summed E-state index contributed by atoms with van der Waals surface area (Å²) in [7, 11) is 0. The molecule has 1 aliphatic rings. The fourth-order valence-corrected chi connectivity index (χ4v) is 3.34. The number of thioether (sulfide) groups is 1. The number of hydrogen-bond acceptors (Lipinski definition) is 3. The molecule has 1 amide bonds. The second-order valence-corrected chi connectivity index (χ2v) is 5.88. The molecule has 1 aromatic heterocycles. The van der Waals surface area contributed by atoms with Crippen LogP contribution in [0.1, 0.15) is 16.9 Å². The van der Waals surface area contributed by atoms with Crippen LogP contribution in [0.5, 0.6) is 0 Å². The Morgan fingerprint density at radius 2 is 2.22 bits per heavy atom. The van der Waals surface area contributed by atoms with E-state index in [1.807, 2.05) is 0 Å². The van der Waals surface area contributed by atoms with E-state index in [1.54, 1.807) is 0 Å². The summed E-state index contributed by atoms with van der Waals surface area (Å²) in [6, 6.07) is 1.37.